The lowest BCUT2D eigenvalue weighted by Crippen LogP contribution is -2.52. The molecule has 2 bridgehead atoms. The fourth-order valence-corrected chi connectivity index (χ4v) is 5.83. The van der Waals surface area contributed by atoms with E-state index >= 15 is 0 Å². The quantitative estimate of drug-likeness (QED) is 0.612. The molecule has 2 saturated heterocycles. The van der Waals surface area contributed by atoms with Gasteiger partial charge in [-0.2, -0.15) is 4.98 Å². The molecule has 0 saturated carbocycles. The van der Waals surface area contributed by atoms with Crippen LogP contribution in [0.3, 0.4) is 0 Å². The molecule has 1 amide bonds. The summed E-state index contributed by atoms with van der Waals surface area (Å²) >= 11 is 0. The van der Waals surface area contributed by atoms with E-state index in [0.29, 0.717) is 12.0 Å². The van der Waals surface area contributed by atoms with Crippen molar-refractivity contribution in [3.63, 3.8) is 0 Å². The van der Waals surface area contributed by atoms with Gasteiger partial charge in [0.2, 0.25) is 0 Å². The number of amides is 1. The van der Waals surface area contributed by atoms with Gasteiger partial charge >= 0.3 is 5.69 Å². The number of aromatic nitrogens is 2. The molecule has 2 fully saturated rings. The van der Waals surface area contributed by atoms with E-state index in [2.05, 4.69) is 51.1 Å². The first-order chi connectivity index (χ1) is 15.9. The number of fused-ring (bicyclic) bond motifs is 2. The van der Waals surface area contributed by atoms with Crippen molar-refractivity contribution >= 4 is 20.0 Å². The zero-order valence-electron chi connectivity index (χ0n) is 21.0. The van der Waals surface area contributed by atoms with E-state index in [1.807, 2.05) is 13.0 Å². The second kappa shape index (κ2) is 8.71. The van der Waals surface area contributed by atoms with Gasteiger partial charge in [-0.3, -0.25) is 9.36 Å². The Bertz CT molecular complexity index is 1110. The van der Waals surface area contributed by atoms with Crippen LogP contribution in [-0.2, 0) is 13.9 Å². The largest absolute Gasteiger partial charge is 0.408 e. The molecule has 2 aliphatic rings. The Morgan fingerprint density at radius 3 is 2.50 bits per heavy atom. The number of ether oxygens (including phenoxy) is 2. The number of carbonyl (C=O) groups is 1. The highest BCUT2D eigenvalue weighted by molar-refractivity contribution is 6.74. The Morgan fingerprint density at radius 1 is 1.24 bits per heavy atom. The molecule has 34 heavy (non-hydrogen) atoms. The smallest absolute Gasteiger partial charge is 0.351 e. The van der Waals surface area contributed by atoms with Crippen molar-refractivity contribution in [1.29, 1.82) is 0 Å². The van der Waals surface area contributed by atoms with Crippen LogP contribution in [0, 0.1) is 0 Å². The predicted molar refractivity (Wildman–Crippen MR) is 132 cm³/mol. The first kappa shape index (κ1) is 24.8. The zero-order chi connectivity index (χ0) is 24.9. The number of nitrogens with one attached hydrogen (secondary N) is 1. The highest BCUT2D eigenvalue weighted by atomic mass is 28.4. The molecule has 1 N–H and O–H groups in total. The highest BCUT2D eigenvalue weighted by Gasteiger charge is 2.67. The topological polar surface area (TPSA) is 91.7 Å². The van der Waals surface area contributed by atoms with Crippen LogP contribution in [0.25, 0.3) is 0 Å². The first-order valence-corrected chi connectivity index (χ1v) is 14.8. The molecule has 1 aromatic carbocycles. The minimum absolute atomic E-state index is 0.0275. The number of rotatable bonds is 6. The predicted octanol–water partition coefficient (Wildman–Crippen LogP) is 4.35. The summed E-state index contributed by atoms with van der Waals surface area (Å²) in [5.74, 6) is -0.141. The molecular weight excluding hydrogens is 450 g/mol. The number of anilines is 1. The summed E-state index contributed by atoms with van der Waals surface area (Å²) in [7, 11) is -2.12. The molecular formula is C25H35N3O5Si. The van der Waals surface area contributed by atoms with Crippen molar-refractivity contribution in [3.8, 4) is 0 Å². The summed E-state index contributed by atoms with van der Waals surface area (Å²) in [5, 5.41) is 2.71. The summed E-state index contributed by atoms with van der Waals surface area (Å²) in [6.07, 6.45) is 0.804. The molecule has 0 spiro atoms. The molecule has 2 aliphatic heterocycles. The molecule has 2 aromatic rings. The van der Waals surface area contributed by atoms with Crippen molar-refractivity contribution in [3.05, 3.63) is 58.6 Å². The van der Waals surface area contributed by atoms with E-state index in [0.717, 1.165) is 0 Å². The molecule has 0 aliphatic carbocycles. The lowest BCUT2D eigenvalue weighted by molar-refractivity contribution is -0.208. The van der Waals surface area contributed by atoms with E-state index < -0.39 is 31.9 Å². The molecule has 4 rings (SSSR count). The number of benzene rings is 1. The van der Waals surface area contributed by atoms with Crippen molar-refractivity contribution in [2.24, 2.45) is 0 Å². The van der Waals surface area contributed by atoms with E-state index in [1.165, 1.54) is 4.57 Å². The van der Waals surface area contributed by atoms with Crippen molar-refractivity contribution in [2.45, 2.75) is 89.3 Å². The summed E-state index contributed by atoms with van der Waals surface area (Å²) in [6.45, 7) is 15.1. The summed E-state index contributed by atoms with van der Waals surface area (Å²) in [6, 6.07) is 10.4. The van der Waals surface area contributed by atoms with E-state index in [-0.39, 0.29) is 29.0 Å². The molecule has 1 aromatic heterocycles. The van der Waals surface area contributed by atoms with Crippen LogP contribution in [0.4, 0.5) is 5.82 Å². The normalized spacial score (nSPS) is 28.8. The Kier molecular flexibility index (Phi) is 6.35. The monoisotopic (exact) mass is 485 g/mol. The minimum Gasteiger partial charge on any atom is -0.408 e. The average Bonchev–Trinajstić information content (AvgIpc) is 3.21. The first-order valence-electron chi connectivity index (χ1n) is 11.9. The number of nitrogens with zero attached hydrogens (tertiary/aromatic N) is 2. The molecule has 9 heteroatoms. The maximum absolute atomic E-state index is 13.0. The maximum atomic E-state index is 13.0. The SMILES string of the molecule is CC[C@]12O[C@@H](n3ccc(NC(=O)c4ccccc4)nc3=O)[C@H](O[C@@H]1C)[C@@H]2O[Si](C)(C)C(C)(C)C. The maximum Gasteiger partial charge on any atom is 0.351 e. The molecule has 8 nitrogen and oxygen atoms in total. The fourth-order valence-electron chi connectivity index (χ4n) is 4.51. The lowest BCUT2D eigenvalue weighted by Gasteiger charge is -2.41. The Labute approximate surface area is 201 Å². The molecule has 0 unspecified atom stereocenters. The van der Waals surface area contributed by atoms with Crippen LogP contribution >= 0.6 is 0 Å². The third kappa shape index (κ3) is 4.15. The Balaban J connectivity index is 1.59. The summed E-state index contributed by atoms with van der Waals surface area (Å²) in [4.78, 5) is 29.5. The number of hydrogen-bond donors (Lipinski definition) is 1. The van der Waals surface area contributed by atoms with Crippen molar-refractivity contribution in [2.75, 3.05) is 5.32 Å². The molecule has 184 valence electrons. The van der Waals surface area contributed by atoms with Crippen LogP contribution in [0.5, 0.6) is 0 Å². The standard InChI is InChI=1S/C25H35N3O5Si/c1-8-25-16(2)31-19(20(25)33-34(6,7)24(3,4)5)22(32-25)28-15-14-18(27-23(28)30)26-21(29)17-12-10-9-11-13-17/h9-16,19-20,22H,8H2,1-7H3,(H,26,27,29,30)/t16-,19-,20+,22-,25+/m1/s1. The molecule has 5 atom stereocenters. The lowest BCUT2D eigenvalue weighted by atomic mass is 9.91. The highest BCUT2D eigenvalue weighted by Crippen LogP contribution is 2.53. The fraction of sp³-hybridized carbons (Fsp3) is 0.560. The molecule has 0 radical (unpaired) electrons. The summed E-state index contributed by atoms with van der Waals surface area (Å²) in [5.41, 5.74) is -0.662. The third-order valence-electron chi connectivity index (χ3n) is 7.61. The summed E-state index contributed by atoms with van der Waals surface area (Å²) < 4.78 is 21.1. The van der Waals surface area contributed by atoms with Crippen LogP contribution in [-0.4, -0.2) is 47.7 Å². The van der Waals surface area contributed by atoms with Gasteiger partial charge in [-0.15, -0.1) is 0 Å². The van der Waals surface area contributed by atoms with Crippen LogP contribution in [0.1, 0.15) is 57.6 Å². The van der Waals surface area contributed by atoms with Gasteiger partial charge in [-0.05, 0) is 49.7 Å². The van der Waals surface area contributed by atoms with Crippen molar-refractivity contribution in [1.82, 2.24) is 9.55 Å². The van der Waals surface area contributed by atoms with Gasteiger partial charge in [-0.25, -0.2) is 4.79 Å². The van der Waals surface area contributed by atoms with Gasteiger partial charge in [0, 0.05) is 11.8 Å². The van der Waals surface area contributed by atoms with Crippen LogP contribution < -0.4 is 11.0 Å². The third-order valence-corrected chi connectivity index (χ3v) is 12.1. The average molecular weight is 486 g/mol. The van der Waals surface area contributed by atoms with Gasteiger partial charge < -0.3 is 19.2 Å². The van der Waals surface area contributed by atoms with Gasteiger partial charge in [0.1, 0.15) is 23.6 Å². The number of carbonyl (C=O) groups excluding carboxylic acids is 1. The Hall–Kier alpha value is -2.33. The van der Waals surface area contributed by atoms with E-state index in [1.54, 1.807) is 36.5 Å². The molecule has 3 heterocycles. The van der Waals surface area contributed by atoms with E-state index in [4.69, 9.17) is 13.9 Å². The van der Waals surface area contributed by atoms with Crippen molar-refractivity contribution < 1.29 is 18.7 Å². The van der Waals surface area contributed by atoms with Gasteiger partial charge in [0.05, 0.1) is 6.10 Å². The van der Waals surface area contributed by atoms with Gasteiger partial charge in [0.25, 0.3) is 5.91 Å². The van der Waals surface area contributed by atoms with Crippen LogP contribution in [0.15, 0.2) is 47.4 Å². The van der Waals surface area contributed by atoms with Gasteiger partial charge in [0.15, 0.2) is 14.5 Å². The van der Waals surface area contributed by atoms with Crippen LogP contribution in [0.2, 0.25) is 18.1 Å². The zero-order valence-corrected chi connectivity index (χ0v) is 22.0. The second-order valence-corrected chi connectivity index (χ2v) is 15.4. The Morgan fingerprint density at radius 2 is 1.91 bits per heavy atom. The second-order valence-electron chi connectivity index (χ2n) is 10.7. The van der Waals surface area contributed by atoms with Gasteiger partial charge in [-0.1, -0.05) is 45.9 Å². The number of hydrogen-bond acceptors (Lipinski definition) is 6. The minimum atomic E-state index is -2.12. The van der Waals surface area contributed by atoms with E-state index in [9.17, 15) is 9.59 Å².